The fourth-order valence-corrected chi connectivity index (χ4v) is 4.98. The number of amides is 3. The standard InChI is InChI=1S/C32H40ClN7O4/c1-19-13-15-20(16-14-19)28(43)34-17-23(41)35-21-11-9-10-12-22(21)44-18-24(42)36-32(7,8)31(5,6)29-38-37-27-25(33)26(30(2,3)4)39-40(27)29/h9-16,39H,17-18H2,1-8H3,(H,34,43)(H,35,41)(H,36,42). The van der Waals surface area contributed by atoms with Crippen LogP contribution in [0.4, 0.5) is 5.69 Å². The Morgan fingerprint density at radius 3 is 2.25 bits per heavy atom. The van der Waals surface area contributed by atoms with Crippen molar-refractivity contribution >= 4 is 40.7 Å². The third-order valence-electron chi connectivity index (χ3n) is 7.87. The number of nitrogens with one attached hydrogen (secondary N) is 4. The van der Waals surface area contributed by atoms with Gasteiger partial charge in [0, 0.05) is 21.9 Å². The second-order valence-electron chi connectivity index (χ2n) is 12.9. The average Bonchev–Trinajstić information content (AvgIpc) is 3.52. The second-order valence-corrected chi connectivity index (χ2v) is 13.3. The van der Waals surface area contributed by atoms with Gasteiger partial charge >= 0.3 is 0 Å². The molecule has 3 amide bonds. The van der Waals surface area contributed by atoms with Gasteiger partial charge in [0.1, 0.15) is 10.8 Å². The summed E-state index contributed by atoms with van der Waals surface area (Å²) in [7, 11) is 0. The lowest BCUT2D eigenvalue weighted by Gasteiger charge is -2.40. The van der Waals surface area contributed by atoms with Gasteiger partial charge in [0.15, 0.2) is 18.1 Å². The molecular weight excluding hydrogens is 582 g/mol. The molecule has 4 rings (SSSR count). The lowest BCUT2D eigenvalue weighted by atomic mass is 9.73. The van der Waals surface area contributed by atoms with E-state index in [-0.39, 0.29) is 30.4 Å². The monoisotopic (exact) mass is 621 g/mol. The van der Waals surface area contributed by atoms with E-state index < -0.39 is 16.9 Å². The van der Waals surface area contributed by atoms with Crippen LogP contribution in [0, 0.1) is 6.92 Å². The number of fused-ring (bicyclic) bond motifs is 1. The largest absolute Gasteiger partial charge is 0.482 e. The van der Waals surface area contributed by atoms with Crippen LogP contribution < -0.4 is 20.7 Å². The molecule has 0 aliphatic carbocycles. The van der Waals surface area contributed by atoms with Crippen molar-refractivity contribution in [1.29, 1.82) is 0 Å². The van der Waals surface area contributed by atoms with Crippen molar-refractivity contribution in [3.63, 3.8) is 0 Å². The number of benzene rings is 2. The van der Waals surface area contributed by atoms with Crippen molar-refractivity contribution < 1.29 is 19.1 Å². The summed E-state index contributed by atoms with van der Waals surface area (Å²) >= 11 is 6.62. The SMILES string of the molecule is Cc1ccc(C(=O)NCC(=O)Nc2ccccc2OCC(=O)NC(C)(C)C(C)(C)c2nnc3c(Cl)c(C(C)(C)C)[nH]n23)cc1. The number of anilines is 1. The zero-order valence-electron chi connectivity index (χ0n) is 26.4. The van der Waals surface area contributed by atoms with Crippen LogP contribution in [0.15, 0.2) is 48.5 Å². The Labute approximate surface area is 262 Å². The molecule has 4 N–H and O–H groups in total. The molecule has 44 heavy (non-hydrogen) atoms. The number of rotatable bonds is 10. The number of hydrogen-bond donors (Lipinski definition) is 4. The van der Waals surface area contributed by atoms with Crippen LogP contribution in [0.25, 0.3) is 5.65 Å². The minimum Gasteiger partial charge on any atom is -0.482 e. The summed E-state index contributed by atoms with van der Waals surface area (Å²) in [5, 5.41) is 21.0. The van der Waals surface area contributed by atoms with Gasteiger partial charge in [-0.2, -0.15) is 0 Å². The number of hydrogen-bond acceptors (Lipinski definition) is 6. The molecular formula is C32H40ClN7O4. The van der Waals surface area contributed by atoms with Gasteiger partial charge in [0.25, 0.3) is 11.8 Å². The Morgan fingerprint density at radius 1 is 0.932 bits per heavy atom. The van der Waals surface area contributed by atoms with E-state index in [0.717, 1.165) is 11.3 Å². The van der Waals surface area contributed by atoms with Crippen LogP contribution in [0.5, 0.6) is 5.75 Å². The van der Waals surface area contributed by atoms with Gasteiger partial charge in [0.2, 0.25) is 5.91 Å². The highest BCUT2D eigenvalue weighted by atomic mass is 35.5. The Hall–Kier alpha value is -4.38. The second kappa shape index (κ2) is 12.3. The molecule has 2 heterocycles. The molecule has 2 aromatic heterocycles. The van der Waals surface area contributed by atoms with Crippen LogP contribution in [0.2, 0.25) is 5.02 Å². The molecule has 0 aliphatic heterocycles. The van der Waals surface area contributed by atoms with E-state index in [1.165, 1.54) is 0 Å². The molecule has 0 fully saturated rings. The highest BCUT2D eigenvalue weighted by molar-refractivity contribution is 6.34. The maximum atomic E-state index is 13.1. The van der Waals surface area contributed by atoms with Gasteiger partial charge in [-0.3, -0.25) is 19.5 Å². The molecule has 0 saturated carbocycles. The maximum Gasteiger partial charge on any atom is 0.258 e. The number of nitrogens with zero attached hydrogens (tertiary/aromatic N) is 3. The summed E-state index contributed by atoms with van der Waals surface area (Å²) in [4.78, 5) is 38.1. The minimum absolute atomic E-state index is 0.231. The number of aromatic nitrogens is 4. The maximum absolute atomic E-state index is 13.1. The van der Waals surface area contributed by atoms with E-state index in [2.05, 4.69) is 52.0 Å². The predicted octanol–water partition coefficient (Wildman–Crippen LogP) is 4.94. The zero-order valence-corrected chi connectivity index (χ0v) is 27.1. The van der Waals surface area contributed by atoms with Crippen molar-refractivity contribution in [2.45, 2.75) is 71.8 Å². The number of aromatic amines is 1. The van der Waals surface area contributed by atoms with Crippen LogP contribution in [-0.4, -0.2) is 56.2 Å². The summed E-state index contributed by atoms with van der Waals surface area (Å²) in [6.07, 6.45) is 0. The van der Waals surface area contributed by atoms with E-state index in [0.29, 0.717) is 33.5 Å². The fraction of sp³-hybridized carbons (Fsp3) is 0.406. The lowest BCUT2D eigenvalue weighted by Crippen LogP contribution is -2.57. The molecule has 12 heteroatoms. The third kappa shape index (κ3) is 6.88. The van der Waals surface area contributed by atoms with E-state index in [1.807, 2.05) is 46.8 Å². The summed E-state index contributed by atoms with van der Waals surface area (Å²) in [6.45, 7) is 15.3. The van der Waals surface area contributed by atoms with Crippen LogP contribution >= 0.6 is 11.6 Å². The normalized spacial score (nSPS) is 12.2. The van der Waals surface area contributed by atoms with Gasteiger partial charge in [-0.05, 0) is 45.0 Å². The first-order valence-electron chi connectivity index (χ1n) is 14.3. The first kappa shape index (κ1) is 32.5. The average molecular weight is 622 g/mol. The highest BCUT2D eigenvalue weighted by Gasteiger charge is 2.44. The Kier molecular flexibility index (Phi) is 9.11. The first-order valence-corrected chi connectivity index (χ1v) is 14.7. The van der Waals surface area contributed by atoms with Gasteiger partial charge in [0.05, 0.1) is 17.9 Å². The Balaban J connectivity index is 1.38. The molecule has 4 aromatic rings. The van der Waals surface area contributed by atoms with Gasteiger partial charge < -0.3 is 20.7 Å². The number of H-pyrrole nitrogens is 1. The fourth-order valence-electron chi connectivity index (χ4n) is 4.53. The molecule has 0 spiro atoms. The summed E-state index contributed by atoms with van der Waals surface area (Å²) in [5.41, 5.74) is 1.52. The van der Waals surface area contributed by atoms with Crippen LogP contribution in [0.1, 0.15) is 75.9 Å². The number of aryl methyl sites for hydroxylation is 1. The van der Waals surface area contributed by atoms with E-state index in [4.69, 9.17) is 16.3 Å². The van der Waals surface area contributed by atoms with Gasteiger partial charge in [-0.15, -0.1) is 10.2 Å². The van der Waals surface area contributed by atoms with Crippen LogP contribution in [-0.2, 0) is 20.4 Å². The molecule has 0 unspecified atom stereocenters. The molecule has 0 bridgehead atoms. The summed E-state index contributed by atoms with van der Waals surface area (Å²) in [6, 6.07) is 13.8. The summed E-state index contributed by atoms with van der Waals surface area (Å²) < 4.78 is 7.58. The number of ether oxygens (including phenoxy) is 1. The number of halogens is 1. The van der Waals surface area contributed by atoms with Crippen LogP contribution in [0.3, 0.4) is 0 Å². The Bertz CT molecular complexity index is 1680. The lowest BCUT2D eigenvalue weighted by molar-refractivity contribution is -0.125. The first-order chi connectivity index (χ1) is 20.5. The van der Waals surface area contributed by atoms with Crippen molar-refractivity contribution in [2.24, 2.45) is 0 Å². The van der Waals surface area contributed by atoms with Gasteiger partial charge in [-0.1, -0.05) is 76.0 Å². The number of carbonyl (C=O) groups excluding carboxylic acids is 3. The molecule has 0 aliphatic rings. The van der Waals surface area contributed by atoms with Crippen molar-refractivity contribution in [2.75, 3.05) is 18.5 Å². The number of para-hydroxylation sites is 2. The van der Waals surface area contributed by atoms with Crippen molar-refractivity contribution in [1.82, 2.24) is 30.4 Å². The summed E-state index contributed by atoms with van der Waals surface area (Å²) in [5.74, 6) is -0.234. The van der Waals surface area contributed by atoms with E-state index >= 15 is 0 Å². The molecule has 0 radical (unpaired) electrons. The molecule has 0 atom stereocenters. The van der Waals surface area contributed by atoms with Crippen molar-refractivity contribution in [3.05, 3.63) is 76.2 Å². The molecule has 0 saturated heterocycles. The molecule has 2 aromatic carbocycles. The predicted molar refractivity (Wildman–Crippen MR) is 170 cm³/mol. The van der Waals surface area contributed by atoms with Gasteiger partial charge in [-0.25, -0.2) is 4.52 Å². The molecule has 11 nitrogen and oxygen atoms in total. The Morgan fingerprint density at radius 2 is 1.59 bits per heavy atom. The van der Waals surface area contributed by atoms with E-state index in [9.17, 15) is 14.4 Å². The minimum atomic E-state index is -0.792. The molecule has 234 valence electrons. The smallest absolute Gasteiger partial charge is 0.258 e. The zero-order chi connectivity index (χ0) is 32.4. The third-order valence-corrected chi connectivity index (χ3v) is 8.23. The number of carbonyl (C=O) groups is 3. The van der Waals surface area contributed by atoms with Crippen molar-refractivity contribution in [3.8, 4) is 5.75 Å². The topological polar surface area (TPSA) is 143 Å². The van der Waals surface area contributed by atoms with E-state index in [1.54, 1.807) is 40.9 Å². The quantitative estimate of drug-likeness (QED) is 0.198. The highest BCUT2D eigenvalue weighted by Crippen LogP contribution is 2.37.